The van der Waals surface area contributed by atoms with Crippen molar-refractivity contribution in [3.05, 3.63) is 0 Å². The second kappa shape index (κ2) is 6.87. The molecular formula is C15H27N3O2. The zero-order valence-electron chi connectivity index (χ0n) is 12.4. The molecule has 1 atom stereocenters. The third kappa shape index (κ3) is 3.51. The first-order chi connectivity index (χ1) is 9.83. The van der Waals surface area contributed by atoms with Crippen LogP contribution in [0.2, 0.25) is 0 Å². The van der Waals surface area contributed by atoms with Crippen molar-refractivity contribution in [2.24, 2.45) is 11.8 Å². The molecule has 0 aliphatic carbocycles. The molecule has 0 saturated carbocycles. The molecule has 3 fully saturated rings. The molecule has 3 aliphatic rings. The molecule has 0 radical (unpaired) electrons. The molecule has 3 aliphatic heterocycles. The summed E-state index contributed by atoms with van der Waals surface area (Å²) in [5, 5.41) is 3.29. The zero-order valence-corrected chi connectivity index (χ0v) is 12.4. The number of rotatable bonds is 3. The van der Waals surface area contributed by atoms with Crippen LogP contribution in [0.5, 0.6) is 0 Å². The van der Waals surface area contributed by atoms with Gasteiger partial charge < -0.3 is 15.0 Å². The molecular weight excluding hydrogens is 254 g/mol. The Kier molecular flexibility index (Phi) is 4.91. The molecule has 0 spiro atoms. The lowest BCUT2D eigenvalue weighted by molar-refractivity contribution is -0.136. The second-order valence-corrected chi connectivity index (χ2v) is 6.37. The highest BCUT2D eigenvalue weighted by Crippen LogP contribution is 2.21. The Bertz CT molecular complexity index is 317. The van der Waals surface area contributed by atoms with Crippen LogP contribution in [0, 0.1) is 11.8 Å². The number of morpholine rings is 1. The van der Waals surface area contributed by atoms with Gasteiger partial charge in [-0.05, 0) is 31.7 Å². The number of hydrogen-bond donors (Lipinski definition) is 1. The number of hydrogen-bond acceptors (Lipinski definition) is 4. The highest BCUT2D eigenvalue weighted by atomic mass is 16.5. The highest BCUT2D eigenvalue weighted by Gasteiger charge is 2.30. The Morgan fingerprint density at radius 1 is 1.10 bits per heavy atom. The summed E-state index contributed by atoms with van der Waals surface area (Å²) in [5.74, 6) is 1.39. The number of piperidine rings is 1. The normalized spacial score (nSPS) is 29.8. The lowest BCUT2D eigenvalue weighted by Gasteiger charge is -2.36. The average molecular weight is 281 g/mol. The minimum absolute atomic E-state index is 0.241. The van der Waals surface area contributed by atoms with E-state index < -0.39 is 0 Å². The van der Waals surface area contributed by atoms with E-state index in [1.807, 2.05) is 0 Å². The van der Waals surface area contributed by atoms with Crippen LogP contribution in [0.4, 0.5) is 0 Å². The molecule has 1 amide bonds. The fourth-order valence-corrected chi connectivity index (χ4v) is 3.61. The lowest BCUT2D eigenvalue weighted by Crippen LogP contribution is -2.45. The zero-order chi connectivity index (χ0) is 13.8. The van der Waals surface area contributed by atoms with E-state index in [0.29, 0.717) is 5.91 Å². The van der Waals surface area contributed by atoms with Crippen LogP contribution in [0.15, 0.2) is 0 Å². The molecule has 20 heavy (non-hydrogen) atoms. The van der Waals surface area contributed by atoms with Crippen molar-refractivity contribution >= 4 is 5.91 Å². The summed E-state index contributed by atoms with van der Waals surface area (Å²) in [7, 11) is 0. The van der Waals surface area contributed by atoms with Gasteiger partial charge in [-0.15, -0.1) is 0 Å². The Morgan fingerprint density at radius 2 is 1.85 bits per heavy atom. The molecule has 1 N–H and O–H groups in total. The SMILES string of the molecule is O=C(C1CCNC1)N1CCC(CN2CCOCC2)CC1. The first kappa shape index (κ1) is 14.3. The van der Waals surface area contributed by atoms with E-state index in [1.165, 1.54) is 19.4 Å². The fraction of sp³-hybridized carbons (Fsp3) is 0.933. The molecule has 5 nitrogen and oxygen atoms in total. The van der Waals surface area contributed by atoms with Crippen LogP contribution in [0.1, 0.15) is 19.3 Å². The number of carbonyl (C=O) groups is 1. The molecule has 114 valence electrons. The van der Waals surface area contributed by atoms with Crippen molar-refractivity contribution in [2.75, 3.05) is 59.0 Å². The van der Waals surface area contributed by atoms with E-state index >= 15 is 0 Å². The third-order valence-corrected chi connectivity index (χ3v) is 4.96. The maximum atomic E-state index is 12.4. The molecule has 0 bridgehead atoms. The molecule has 3 rings (SSSR count). The fourth-order valence-electron chi connectivity index (χ4n) is 3.61. The van der Waals surface area contributed by atoms with Crippen LogP contribution >= 0.6 is 0 Å². The summed E-state index contributed by atoms with van der Waals surface area (Å²) in [6.07, 6.45) is 3.36. The van der Waals surface area contributed by atoms with Gasteiger partial charge in [-0.2, -0.15) is 0 Å². The maximum absolute atomic E-state index is 12.4. The molecule has 5 heteroatoms. The predicted molar refractivity (Wildman–Crippen MR) is 77.5 cm³/mol. The second-order valence-electron chi connectivity index (χ2n) is 6.37. The number of ether oxygens (including phenoxy) is 1. The first-order valence-corrected chi connectivity index (χ1v) is 8.12. The smallest absolute Gasteiger partial charge is 0.227 e. The van der Waals surface area contributed by atoms with E-state index in [0.717, 1.165) is 64.8 Å². The van der Waals surface area contributed by atoms with Crippen LogP contribution in [0.3, 0.4) is 0 Å². The summed E-state index contributed by atoms with van der Waals surface area (Å²) in [6.45, 7) is 8.92. The van der Waals surface area contributed by atoms with Crippen LogP contribution < -0.4 is 5.32 Å². The van der Waals surface area contributed by atoms with Gasteiger partial charge >= 0.3 is 0 Å². The van der Waals surface area contributed by atoms with Crippen LogP contribution in [0.25, 0.3) is 0 Å². The summed E-state index contributed by atoms with van der Waals surface area (Å²) in [4.78, 5) is 17.0. The third-order valence-electron chi connectivity index (χ3n) is 4.96. The van der Waals surface area contributed by atoms with Crippen molar-refractivity contribution < 1.29 is 9.53 Å². The van der Waals surface area contributed by atoms with E-state index in [2.05, 4.69) is 15.1 Å². The van der Waals surface area contributed by atoms with Crippen molar-refractivity contribution in [2.45, 2.75) is 19.3 Å². The molecule has 0 aromatic carbocycles. The Hall–Kier alpha value is -0.650. The highest BCUT2D eigenvalue weighted by molar-refractivity contribution is 5.79. The maximum Gasteiger partial charge on any atom is 0.227 e. The van der Waals surface area contributed by atoms with Crippen molar-refractivity contribution in [3.63, 3.8) is 0 Å². The minimum Gasteiger partial charge on any atom is -0.379 e. The van der Waals surface area contributed by atoms with Gasteiger partial charge in [0.25, 0.3) is 0 Å². The van der Waals surface area contributed by atoms with Gasteiger partial charge in [0, 0.05) is 39.3 Å². The summed E-state index contributed by atoms with van der Waals surface area (Å²) in [5.41, 5.74) is 0. The van der Waals surface area contributed by atoms with E-state index in [4.69, 9.17) is 4.74 Å². The first-order valence-electron chi connectivity index (χ1n) is 8.12. The van der Waals surface area contributed by atoms with Crippen molar-refractivity contribution in [3.8, 4) is 0 Å². The largest absolute Gasteiger partial charge is 0.379 e. The van der Waals surface area contributed by atoms with E-state index in [9.17, 15) is 4.79 Å². The van der Waals surface area contributed by atoms with Crippen molar-refractivity contribution in [1.29, 1.82) is 0 Å². The van der Waals surface area contributed by atoms with Crippen LogP contribution in [-0.4, -0.2) is 74.7 Å². The molecule has 0 aromatic heterocycles. The quantitative estimate of drug-likeness (QED) is 0.801. The van der Waals surface area contributed by atoms with Crippen LogP contribution in [-0.2, 0) is 9.53 Å². The topological polar surface area (TPSA) is 44.8 Å². The molecule has 3 saturated heterocycles. The Morgan fingerprint density at radius 3 is 2.50 bits per heavy atom. The standard InChI is InChI=1S/C15H27N3O2/c19-15(14-1-4-16-11-14)18-5-2-13(3-6-18)12-17-7-9-20-10-8-17/h13-14,16H,1-12H2. The number of nitrogens with one attached hydrogen (secondary N) is 1. The summed E-state index contributed by atoms with van der Waals surface area (Å²) < 4.78 is 5.39. The lowest BCUT2D eigenvalue weighted by atomic mass is 9.94. The monoisotopic (exact) mass is 281 g/mol. The summed E-state index contributed by atoms with van der Waals surface area (Å²) in [6, 6.07) is 0. The number of likely N-dealkylation sites (tertiary alicyclic amines) is 1. The van der Waals surface area contributed by atoms with E-state index in [1.54, 1.807) is 0 Å². The van der Waals surface area contributed by atoms with Gasteiger partial charge in [0.2, 0.25) is 5.91 Å². The molecule has 1 unspecified atom stereocenters. The molecule has 3 heterocycles. The van der Waals surface area contributed by atoms with E-state index in [-0.39, 0.29) is 5.92 Å². The number of carbonyl (C=O) groups excluding carboxylic acids is 1. The number of amides is 1. The van der Waals surface area contributed by atoms with Gasteiger partial charge in [-0.3, -0.25) is 9.69 Å². The summed E-state index contributed by atoms with van der Waals surface area (Å²) >= 11 is 0. The van der Waals surface area contributed by atoms with Gasteiger partial charge in [-0.1, -0.05) is 0 Å². The Balaban J connectivity index is 1.40. The Labute approximate surface area is 121 Å². The van der Waals surface area contributed by atoms with Gasteiger partial charge in [0.15, 0.2) is 0 Å². The van der Waals surface area contributed by atoms with Crippen molar-refractivity contribution in [1.82, 2.24) is 15.1 Å². The molecule has 0 aromatic rings. The predicted octanol–water partition coefficient (Wildman–Crippen LogP) is 0.167. The van der Waals surface area contributed by atoms with Gasteiger partial charge in [0.1, 0.15) is 0 Å². The van der Waals surface area contributed by atoms with Gasteiger partial charge in [-0.25, -0.2) is 0 Å². The average Bonchev–Trinajstić information content (AvgIpc) is 3.03. The van der Waals surface area contributed by atoms with Gasteiger partial charge in [0.05, 0.1) is 19.1 Å². The minimum atomic E-state index is 0.241. The number of nitrogens with zero attached hydrogens (tertiary/aromatic N) is 2.